The molecule has 0 atom stereocenters. The van der Waals surface area contributed by atoms with Crippen molar-refractivity contribution in [2.24, 2.45) is 0 Å². The van der Waals surface area contributed by atoms with Gasteiger partial charge in [-0.25, -0.2) is 14.6 Å². The van der Waals surface area contributed by atoms with Crippen LogP contribution in [-0.2, 0) is 11.3 Å². The third-order valence-corrected chi connectivity index (χ3v) is 4.73. The maximum atomic E-state index is 12.4. The van der Waals surface area contributed by atoms with Gasteiger partial charge in [0.1, 0.15) is 5.01 Å². The lowest BCUT2D eigenvalue weighted by Gasteiger charge is -2.16. The number of amides is 2. The van der Waals surface area contributed by atoms with Crippen LogP contribution in [-0.4, -0.2) is 35.5 Å². The SMILES string of the molecule is CCOC(=O)c1ccc(NC(=O)N(C)Cc2nc3ccccc3s2)cc1. The summed E-state index contributed by atoms with van der Waals surface area (Å²) in [5.41, 5.74) is 2.00. The number of carbonyl (C=O) groups is 2. The number of anilines is 1. The highest BCUT2D eigenvalue weighted by molar-refractivity contribution is 7.18. The van der Waals surface area contributed by atoms with Crippen molar-refractivity contribution in [2.45, 2.75) is 13.5 Å². The molecule has 6 nitrogen and oxygen atoms in total. The number of nitrogens with zero attached hydrogens (tertiary/aromatic N) is 2. The van der Waals surface area contributed by atoms with E-state index in [0.717, 1.165) is 15.2 Å². The van der Waals surface area contributed by atoms with Gasteiger partial charge < -0.3 is 15.0 Å². The van der Waals surface area contributed by atoms with Crippen molar-refractivity contribution in [2.75, 3.05) is 19.0 Å². The van der Waals surface area contributed by atoms with Crippen molar-refractivity contribution in [1.29, 1.82) is 0 Å². The van der Waals surface area contributed by atoms with Gasteiger partial charge in [0.2, 0.25) is 0 Å². The van der Waals surface area contributed by atoms with Crippen LogP contribution in [0.15, 0.2) is 48.5 Å². The fourth-order valence-electron chi connectivity index (χ4n) is 2.39. The Bertz CT molecular complexity index is 888. The average molecular weight is 369 g/mol. The fraction of sp³-hybridized carbons (Fsp3) is 0.211. The second-order valence-corrected chi connectivity index (χ2v) is 6.77. The van der Waals surface area contributed by atoms with Gasteiger partial charge in [-0.05, 0) is 43.3 Å². The molecule has 0 aliphatic carbocycles. The standard InChI is InChI=1S/C19H19N3O3S/c1-3-25-18(23)13-8-10-14(11-9-13)20-19(24)22(2)12-17-21-15-6-4-5-7-16(15)26-17/h4-11H,3,12H2,1-2H3,(H,20,24). The molecular formula is C19H19N3O3S. The zero-order valence-electron chi connectivity index (χ0n) is 14.6. The fourth-order valence-corrected chi connectivity index (χ4v) is 3.41. The van der Waals surface area contributed by atoms with E-state index in [9.17, 15) is 9.59 Å². The quantitative estimate of drug-likeness (QED) is 0.686. The molecule has 3 aromatic rings. The summed E-state index contributed by atoms with van der Waals surface area (Å²) in [6, 6.07) is 14.3. The summed E-state index contributed by atoms with van der Waals surface area (Å²) in [7, 11) is 1.72. The molecule has 2 aromatic carbocycles. The Morgan fingerprint density at radius 3 is 2.58 bits per heavy atom. The summed E-state index contributed by atoms with van der Waals surface area (Å²) in [4.78, 5) is 30.1. The van der Waals surface area contributed by atoms with Gasteiger partial charge in [0, 0.05) is 12.7 Å². The molecule has 0 radical (unpaired) electrons. The van der Waals surface area contributed by atoms with E-state index in [1.54, 1.807) is 54.5 Å². The van der Waals surface area contributed by atoms with Crippen molar-refractivity contribution in [3.8, 4) is 0 Å². The third-order valence-electron chi connectivity index (χ3n) is 3.70. The molecule has 0 aliphatic heterocycles. The van der Waals surface area contributed by atoms with E-state index in [-0.39, 0.29) is 12.0 Å². The van der Waals surface area contributed by atoms with Crippen LogP contribution in [0, 0.1) is 0 Å². The van der Waals surface area contributed by atoms with Crippen LogP contribution < -0.4 is 5.32 Å². The molecule has 1 aromatic heterocycles. The zero-order chi connectivity index (χ0) is 18.5. The number of ether oxygens (including phenoxy) is 1. The summed E-state index contributed by atoms with van der Waals surface area (Å²) in [5, 5.41) is 3.68. The first-order valence-corrected chi connectivity index (χ1v) is 9.02. The molecule has 1 heterocycles. The van der Waals surface area contributed by atoms with E-state index in [2.05, 4.69) is 10.3 Å². The maximum Gasteiger partial charge on any atom is 0.338 e. The van der Waals surface area contributed by atoms with Crippen LogP contribution in [0.4, 0.5) is 10.5 Å². The number of hydrogen-bond donors (Lipinski definition) is 1. The van der Waals surface area contributed by atoms with Gasteiger partial charge in [0.25, 0.3) is 0 Å². The first-order chi connectivity index (χ1) is 12.6. The normalized spacial score (nSPS) is 10.5. The lowest BCUT2D eigenvalue weighted by atomic mass is 10.2. The Hall–Kier alpha value is -2.93. The molecule has 3 rings (SSSR count). The smallest absolute Gasteiger partial charge is 0.338 e. The predicted molar refractivity (Wildman–Crippen MR) is 103 cm³/mol. The van der Waals surface area contributed by atoms with E-state index in [1.165, 1.54) is 0 Å². The molecule has 134 valence electrons. The van der Waals surface area contributed by atoms with Gasteiger partial charge in [-0.15, -0.1) is 11.3 Å². The Labute approximate surface area is 155 Å². The number of esters is 1. The van der Waals surface area contributed by atoms with Gasteiger partial charge in [0.15, 0.2) is 0 Å². The Morgan fingerprint density at radius 1 is 1.15 bits per heavy atom. The molecule has 0 saturated carbocycles. The number of fused-ring (bicyclic) bond motifs is 1. The summed E-state index contributed by atoms with van der Waals surface area (Å²) in [5.74, 6) is -0.377. The molecule has 0 saturated heterocycles. The van der Waals surface area contributed by atoms with Crippen LogP contribution in [0.2, 0.25) is 0 Å². The number of aromatic nitrogens is 1. The van der Waals surface area contributed by atoms with Crippen LogP contribution in [0.5, 0.6) is 0 Å². The number of para-hydroxylation sites is 1. The van der Waals surface area contributed by atoms with E-state index in [0.29, 0.717) is 24.4 Å². The lowest BCUT2D eigenvalue weighted by molar-refractivity contribution is 0.0526. The van der Waals surface area contributed by atoms with Crippen molar-refractivity contribution in [1.82, 2.24) is 9.88 Å². The monoisotopic (exact) mass is 369 g/mol. The summed E-state index contributed by atoms with van der Waals surface area (Å²) >= 11 is 1.57. The number of benzene rings is 2. The number of rotatable bonds is 5. The minimum Gasteiger partial charge on any atom is -0.462 e. The Morgan fingerprint density at radius 2 is 1.88 bits per heavy atom. The highest BCUT2D eigenvalue weighted by atomic mass is 32.1. The minimum atomic E-state index is -0.377. The second kappa shape index (κ2) is 7.97. The van der Waals surface area contributed by atoms with E-state index in [4.69, 9.17) is 4.74 Å². The van der Waals surface area contributed by atoms with Crippen molar-refractivity contribution in [3.05, 3.63) is 59.1 Å². The number of carbonyl (C=O) groups excluding carboxylic acids is 2. The molecule has 0 bridgehead atoms. The second-order valence-electron chi connectivity index (χ2n) is 5.66. The molecule has 0 spiro atoms. The molecule has 0 unspecified atom stereocenters. The van der Waals surface area contributed by atoms with Crippen LogP contribution in [0.1, 0.15) is 22.3 Å². The molecule has 26 heavy (non-hydrogen) atoms. The summed E-state index contributed by atoms with van der Waals surface area (Å²) < 4.78 is 6.04. The van der Waals surface area contributed by atoms with Crippen LogP contribution in [0.25, 0.3) is 10.2 Å². The average Bonchev–Trinajstić information content (AvgIpc) is 3.04. The van der Waals surface area contributed by atoms with Gasteiger partial charge in [-0.3, -0.25) is 0 Å². The maximum absolute atomic E-state index is 12.4. The third kappa shape index (κ3) is 4.18. The highest BCUT2D eigenvalue weighted by Gasteiger charge is 2.13. The first kappa shape index (κ1) is 17.9. The number of nitrogens with one attached hydrogen (secondary N) is 1. The lowest BCUT2D eigenvalue weighted by Crippen LogP contribution is -2.30. The first-order valence-electron chi connectivity index (χ1n) is 8.20. The Balaban J connectivity index is 1.60. The molecular weight excluding hydrogens is 350 g/mol. The van der Waals surface area contributed by atoms with Crippen molar-refractivity contribution >= 4 is 39.2 Å². The predicted octanol–water partition coefficient (Wildman–Crippen LogP) is 4.14. The zero-order valence-corrected chi connectivity index (χ0v) is 15.4. The Kier molecular flexibility index (Phi) is 5.48. The summed E-state index contributed by atoms with van der Waals surface area (Å²) in [6.45, 7) is 2.51. The molecule has 1 N–H and O–H groups in total. The molecule has 0 fully saturated rings. The van der Waals surface area contributed by atoms with E-state index in [1.807, 2.05) is 24.3 Å². The van der Waals surface area contributed by atoms with E-state index >= 15 is 0 Å². The van der Waals surface area contributed by atoms with E-state index < -0.39 is 0 Å². The molecule has 0 aliphatic rings. The van der Waals surface area contributed by atoms with Gasteiger partial charge >= 0.3 is 12.0 Å². The van der Waals surface area contributed by atoms with Gasteiger partial charge in [-0.1, -0.05) is 12.1 Å². The topological polar surface area (TPSA) is 71.5 Å². The molecule has 2 amide bonds. The van der Waals surface area contributed by atoms with Crippen LogP contribution >= 0.6 is 11.3 Å². The molecule has 7 heteroatoms. The number of hydrogen-bond acceptors (Lipinski definition) is 5. The van der Waals surface area contributed by atoms with Crippen molar-refractivity contribution < 1.29 is 14.3 Å². The number of urea groups is 1. The number of thiazole rings is 1. The van der Waals surface area contributed by atoms with Gasteiger partial charge in [0.05, 0.1) is 28.9 Å². The van der Waals surface area contributed by atoms with Crippen molar-refractivity contribution in [3.63, 3.8) is 0 Å². The summed E-state index contributed by atoms with van der Waals surface area (Å²) in [6.07, 6.45) is 0. The largest absolute Gasteiger partial charge is 0.462 e. The minimum absolute atomic E-state index is 0.242. The van der Waals surface area contributed by atoms with Crippen LogP contribution in [0.3, 0.4) is 0 Å². The van der Waals surface area contributed by atoms with Gasteiger partial charge in [-0.2, -0.15) is 0 Å². The highest BCUT2D eigenvalue weighted by Crippen LogP contribution is 2.22.